The Kier molecular flexibility index (Phi) is 10.3. The minimum Gasteiger partial charge on any atom is -0.494 e. The lowest BCUT2D eigenvalue weighted by atomic mass is 10.0. The van der Waals surface area contributed by atoms with Gasteiger partial charge in [-0.1, -0.05) is 0 Å². The maximum Gasteiger partial charge on any atom is 0.417 e. The number of thiocarbonyl (C=S) groups is 1. The molecule has 286 valence electrons. The van der Waals surface area contributed by atoms with Gasteiger partial charge in [0, 0.05) is 49.4 Å². The van der Waals surface area contributed by atoms with Gasteiger partial charge in [0.05, 0.1) is 53.1 Å². The molecule has 4 aromatic rings. The van der Waals surface area contributed by atoms with Crippen LogP contribution in [-0.4, -0.2) is 75.7 Å². The maximum atomic E-state index is 13.7. The number of imide groups is 1. The van der Waals surface area contributed by atoms with Crippen LogP contribution in [0.4, 0.5) is 35.0 Å². The fourth-order valence-corrected chi connectivity index (χ4v) is 8.11. The van der Waals surface area contributed by atoms with Gasteiger partial charge in [-0.25, -0.2) is 4.79 Å². The number of benzene rings is 2. The molecule has 0 aliphatic carbocycles. The molecule has 1 N–H and O–H groups in total. The van der Waals surface area contributed by atoms with Gasteiger partial charge < -0.3 is 19.1 Å². The van der Waals surface area contributed by atoms with Crippen LogP contribution < -0.4 is 24.8 Å². The van der Waals surface area contributed by atoms with E-state index in [1.165, 1.54) is 6.07 Å². The van der Waals surface area contributed by atoms with Crippen LogP contribution in [0.25, 0.3) is 10.9 Å². The number of amides is 4. The molecule has 3 aliphatic heterocycles. The van der Waals surface area contributed by atoms with Gasteiger partial charge >= 0.3 is 12.2 Å². The molecule has 0 unspecified atom stereocenters. The molecule has 0 spiro atoms. The maximum absolute atomic E-state index is 13.7. The number of likely N-dealkylation sites (tertiary alicyclic amines) is 1. The number of carbonyl (C=O) groups is 3. The molecule has 4 amide bonds. The van der Waals surface area contributed by atoms with Crippen LogP contribution in [0.3, 0.4) is 0 Å². The van der Waals surface area contributed by atoms with Gasteiger partial charge in [0.25, 0.3) is 5.91 Å². The van der Waals surface area contributed by atoms with Gasteiger partial charge in [0.2, 0.25) is 5.91 Å². The van der Waals surface area contributed by atoms with E-state index in [4.69, 9.17) is 17.0 Å². The summed E-state index contributed by atoms with van der Waals surface area (Å²) >= 11 is 5.64. The lowest BCUT2D eigenvalue weighted by Gasteiger charge is -2.33. The molecular weight excluding hydrogens is 734 g/mol. The monoisotopic (exact) mass is 772 g/mol. The molecule has 16 heteroatoms. The van der Waals surface area contributed by atoms with Crippen LogP contribution in [0.2, 0.25) is 0 Å². The third kappa shape index (κ3) is 7.33. The first-order chi connectivity index (χ1) is 26.3. The number of unbranched alkanes of at least 4 members (excludes halogenated alkanes) is 1. The largest absolute Gasteiger partial charge is 0.494 e. The third-order valence-electron chi connectivity index (χ3n) is 10.5. The molecule has 0 atom stereocenters. The fourth-order valence-electron chi connectivity index (χ4n) is 7.59. The lowest BCUT2D eigenvalue weighted by molar-refractivity contribution is -0.137. The van der Waals surface area contributed by atoms with Crippen molar-refractivity contribution in [2.45, 2.75) is 63.7 Å². The molecule has 2 aromatic carbocycles. The minimum atomic E-state index is -4.78. The molecule has 7 rings (SSSR count). The predicted octanol–water partition coefficient (Wildman–Crippen LogP) is 6.79. The van der Waals surface area contributed by atoms with Crippen molar-refractivity contribution in [2.75, 3.05) is 47.5 Å². The first kappa shape index (κ1) is 37.8. The first-order valence-corrected chi connectivity index (χ1v) is 18.5. The number of nitrogens with one attached hydrogen (secondary N) is 1. The van der Waals surface area contributed by atoms with Crippen LogP contribution >= 0.6 is 12.2 Å². The Bertz CT molecular complexity index is 2190. The molecule has 55 heavy (non-hydrogen) atoms. The Morgan fingerprint density at radius 3 is 2.42 bits per heavy atom. The van der Waals surface area contributed by atoms with Crippen LogP contribution in [0.1, 0.15) is 63.1 Å². The Labute approximate surface area is 321 Å². The minimum absolute atomic E-state index is 0.0290. The average molecular weight is 773 g/mol. The van der Waals surface area contributed by atoms with E-state index in [1.54, 1.807) is 60.2 Å². The number of nitrogens with zero attached hydrogens (tertiary/aromatic N) is 7. The van der Waals surface area contributed by atoms with Gasteiger partial charge in [-0.2, -0.15) is 18.4 Å². The van der Waals surface area contributed by atoms with E-state index in [-0.39, 0.29) is 23.1 Å². The van der Waals surface area contributed by atoms with Crippen molar-refractivity contribution in [3.63, 3.8) is 0 Å². The Morgan fingerprint density at radius 2 is 1.73 bits per heavy atom. The number of pyridine rings is 1. The molecule has 12 nitrogen and oxygen atoms in total. The fraction of sp³-hybridized carbons (Fsp3) is 0.385. The summed E-state index contributed by atoms with van der Waals surface area (Å²) in [6, 6.07) is 13.7. The normalized spacial score (nSPS) is 18.3. The Balaban J connectivity index is 0.888. The molecule has 0 saturated carbocycles. The third-order valence-corrected chi connectivity index (χ3v) is 10.9. The number of piperidine rings is 1. The molecular formula is C39H39F3N8O4S. The van der Waals surface area contributed by atoms with Crippen molar-refractivity contribution in [1.29, 1.82) is 5.26 Å². The van der Waals surface area contributed by atoms with Crippen molar-refractivity contribution in [3.05, 3.63) is 78.2 Å². The number of anilines is 3. The highest BCUT2D eigenvalue weighted by Crippen LogP contribution is 2.40. The molecule has 3 fully saturated rings. The molecule has 0 radical (unpaired) electrons. The molecule has 5 heterocycles. The second kappa shape index (κ2) is 15.0. The van der Waals surface area contributed by atoms with E-state index >= 15 is 0 Å². The molecule has 2 aromatic heterocycles. The van der Waals surface area contributed by atoms with Crippen molar-refractivity contribution in [1.82, 2.24) is 19.8 Å². The summed E-state index contributed by atoms with van der Waals surface area (Å²) in [5, 5.41) is 12.5. The van der Waals surface area contributed by atoms with E-state index in [2.05, 4.69) is 26.0 Å². The number of halogens is 3. The number of rotatable bonds is 10. The van der Waals surface area contributed by atoms with Crippen molar-refractivity contribution in [2.24, 2.45) is 0 Å². The summed E-state index contributed by atoms with van der Waals surface area (Å²) < 4.78 is 49.3. The topological polar surface area (TPSA) is 127 Å². The number of hydrogen-bond donors (Lipinski definition) is 1. The van der Waals surface area contributed by atoms with Crippen LogP contribution in [0, 0.1) is 11.3 Å². The van der Waals surface area contributed by atoms with Crippen LogP contribution in [0.15, 0.2) is 67.1 Å². The second-order valence-corrected chi connectivity index (χ2v) is 14.7. The number of urea groups is 1. The van der Waals surface area contributed by atoms with Crippen LogP contribution in [-0.2, 0) is 15.8 Å². The van der Waals surface area contributed by atoms with E-state index in [0.717, 1.165) is 73.3 Å². The van der Waals surface area contributed by atoms with Gasteiger partial charge in [-0.3, -0.25) is 29.7 Å². The van der Waals surface area contributed by atoms with E-state index < -0.39 is 34.8 Å². The standard InChI is InChI=1S/C39H39F3N8O4S/c1-38(2)35(52)49(28-6-5-25(22-43)31(21-28)39(40,41)42)37(55)50(38)27-7-9-29(10-8-27)54-20-4-3-15-46-16-11-26(12-17-46)47-18-13-30-32(47)23-44-24-33(30)48-19-14-34(51)45-36(48)53/h5-10,13,18,21,23-24,26H,3-4,11-12,14-17,19-20H2,1-2H3,(H,45,51,53). The lowest BCUT2D eigenvalue weighted by Crippen LogP contribution is -2.49. The first-order valence-electron chi connectivity index (χ1n) is 18.1. The Hall–Kier alpha value is -5.53. The van der Waals surface area contributed by atoms with Crippen molar-refractivity contribution < 1.29 is 32.3 Å². The number of nitriles is 1. The highest BCUT2D eigenvalue weighted by atomic mass is 32.1. The van der Waals surface area contributed by atoms with Gasteiger partial charge in [-0.05, 0) is 107 Å². The number of fused-ring (bicyclic) bond motifs is 1. The summed E-state index contributed by atoms with van der Waals surface area (Å²) in [5.74, 6) is -0.119. The van der Waals surface area contributed by atoms with Gasteiger partial charge in [-0.15, -0.1) is 0 Å². The summed E-state index contributed by atoms with van der Waals surface area (Å²) in [7, 11) is 0. The zero-order chi connectivity index (χ0) is 39.1. The highest BCUT2D eigenvalue weighted by molar-refractivity contribution is 7.81. The summed E-state index contributed by atoms with van der Waals surface area (Å²) in [6.07, 6.45) is 4.83. The number of alkyl halides is 3. The quantitative estimate of drug-likeness (QED) is 0.137. The summed E-state index contributed by atoms with van der Waals surface area (Å²) in [4.78, 5) is 48.8. The van der Waals surface area contributed by atoms with E-state index in [0.29, 0.717) is 36.3 Å². The number of ether oxygens (including phenoxy) is 1. The van der Waals surface area contributed by atoms with Crippen LogP contribution in [0.5, 0.6) is 5.75 Å². The number of aromatic nitrogens is 2. The number of hydrogen-bond acceptors (Lipinski definition) is 8. The second-order valence-electron chi connectivity index (χ2n) is 14.3. The summed E-state index contributed by atoms with van der Waals surface area (Å²) in [6.45, 7) is 7.02. The SMILES string of the molecule is CC1(C)C(=O)N(c2ccc(C#N)c(C(F)(F)F)c2)C(=S)N1c1ccc(OCCCCN2CCC(n3ccc4c(N5CCC(=O)NC5=O)cncc43)CC2)cc1. The Morgan fingerprint density at radius 1 is 1.00 bits per heavy atom. The number of carbonyl (C=O) groups excluding carboxylic acids is 3. The smallest absolute Gasteiger partial charge is 0.417 e. The molecule has 3 aliphatic rings. The van der Waals surface area contributed by atoms with Crippen molar-refractivity contribution in [3.8, 4) is 11.8 Å². The van der Waals surface area contributed by atoms with E-state index in [1.807, 2.05) is 12.3 Å². The highest BCUT2D eigenvalue weighted by Gasteiger charge is 2.50. The van der Waals surface area contributed by atoms with Gasteiger partial charge in [0.1, 0.15) is 11.3 Å². The predicted molar refractivity (Wildman–Crippen MR) is 204 cm³/mol. The molecule has 0 bridgehead atoms. The zero-order valence-electron chi connectivity index (χ0n) is 30.3. The zero-order valence-corrected chi connectivity index (χ0v) is 31.1. The molecule has 3 saturated heterocycles. The van der Waals surface area contributed by atoms with Crippen molar-refractivity contribution >= 4 is 63.1 Å². The average Bonchev–Trinajstić information content (AvgIpc) is 3.67. The summed E-state index contributed by atoms with van der Waals surface area (Å²) in [5.41, 5.74) is -0.656. The van der Waals surface area contributed by atoms with E-state index in [9.17, 15) is 32.8 Å². The van der Waals surface area contributed by atoms with Gasteiger partial charge in [0.15, 0.2) is 5.11 Å².